The number of rotatable bonds is 9. The van der Waals surface area contributed by atoms with Crippen molar-refractivity contribution in [3.05, 3.63) is 0 Å². The van der Waals surface area contributed by atoms with Gasteiger partial charge in [-0.3, -0.25) is 14.5 Å². The molecule has 0 spiro atoms. The first-order chi connectivity index (χ1) is 11.9. The highest BCUT2D eigenvalue weighted by atomic mass is 19.4. The lowest BCUT2D eigenvalue weighted by molar-refractivity contribution is -0.209. The van der Waals surface area contributed by atoms with Crippen LogP contribution in [0.2, 0.25) is 0 Å². The van der Waals surface area contributed by atoms with Gasteiger partial charge in [0.1, 0.15) is 6.04 Å². The number of hydrogen-bond acceptors (Lipinski definition) is 5. The molecule has 0 saturated carbocycles. The topological polar surface area (TPSA) is 89.7 Å². The van der Waals surface area contributed by atoms with Crippen LogP contribution in [-0.2, 0) is 19.1 Å². The first-order valence-electron chi connectivity index (χ1n) is 7.76. The van der Waals surface area contributed by atoms with Gasteiger partial charge in [-0.25, -0.2) is 4.79 Å². The molecule has 0 heterocycles. The highest BCUT2D eigenvalue weighted by molar-refractivity contribution is 6.03. The van der Waals surface area contributed by atoms with Crippen molar-refractivity contribution in [1.82, 2.24) is 4.90 Å². The monoisotopic (exact) mass is 394 g/mol. The number of carbonyl (C=O) groups excluding carboxylic acids is 3. The third-order valence-electron chi connectivity index (χ3n) is 3.18. The lowest BCUT2D eigenvalue weighted by Crippen LogP contribution is -2.57. The molecule has 0 saturated heterocycles. The van der Waals surface area contributed by atoms with Crippen molar-refractivity contribution in [2.24, 2.45) is 5.73 Å². The van der Waals surface area contributed by atoms with E-state index in [0.717, 1.165) is 0 Å². The quantitative estimate of drug-likeness (QED) is 0.368. The highest BCUT2D eigenvalue weighted by Crippen LogP contribution is 2.28. The van der Waals surface area contributed by atoms with Gasteiger partial charge < -0.3 is 10.5 Å². The molecule has 2 N–H and O–H groups in total. The summed E-state index contributed by atoms with van der Waals surface area (Å²) in [4.78, 5) is 33.7. The second-order valence-corrected chi connectivity index (χ2v) is 5.30. The predicted octanol–water partition coefficient (Wildman–Crippen LogP) is 2.31. The fourth-order valence-corrected chi connectivity index (χ4v) is 1.90. The van der Waals surface area contributed by atoms with Crippen molar-refractivity contribution in [2.45, 2.75) is 57.4 Å². The zero-order valence-electron chi connectivity index (χ0n) is 14.0. The number of ether oxygens (including phenoxy) is 1. The molecule has 152 valence electrons. The molecular formula is C14H20F6N2O4. The molecular weight excluding hydrogens is 374 g/mol. The maximum Gasteiger partial charge on any atom is 0.471 e. The summed E-state index contributed by atoms with van der Waals surface area (Å²) >= 11 is 0. The van der Waals surface area contributed by atoms with E-state index < -0.39 is 47.5 Å². The fourth-order valence-electron chi connectivity index (χ4n) is 1.90. The van der Waals surface area contributed by atoms with Crippen LogP contribution < -0.4 is 5.73 Å². The first kappa shape index (κ1) is 24.1. The molecule has 0 aliphatic carbocycles. The van der Waals surface area contributed by atoms with Crippen molar-refractivity contribution in [3.8, 4) is 0 Å². The summed E-state index contributed by atoms with van der Waals surface area (Å²) in [6.45, 7) is 1.49. The van der Waals surface area contributed by atoms with Gasteiger partial charge in [0.25, 0.3) is 0 Å². The molecule has 0 aliphatic heterocycles. The molecule has 0 radical (unpaired) electrons. The van der Waals surface area contributed by atoms with Crippen molar-refractivity contribution in [3.63, 3.8) is 0 Å². The summed E-state index contributed by atoms with van der Waals surface area (Å²) in [6.07, 6.45) is -11.3. The average molecular weight is 394 g/mol. The minimum atomic E-state index is -5.78. The first-order valence-corrected chi connectivity index (χ1v) is 7.76. The Morgan fingerprint density at radius 2 is 1.46 bits per heavy atom. The molecule has 0 aromatic rings. The van der Waals surface area contributed by atoms with Crippen molar-refractivity contribution < 1.29 is 45.5 Å². The van der Waals surface area contributed by atoms with Gasteiger partial charge in [0.2, 0.25) is 0 Å². The highest BCUT2D eigenvalue weighted by Gasteiger charge is 2.55. The molecule has 0 aromatic heterocycles. The van der Waals surface area contributed by atoms with E-state index in [1.165, 1.54) is 0 Å². The van der Waals surface area contributed by atoms with E-state index in [4.69, 9.17) is 5.73 Å². The van der Waals surface area contributed by atoms with E-state index in [1.54, 1.807) is 6.92 Å². The molecule has 0 bridgehead atoms. The van der Waals surface area contributed by atoms with E-state index >= 15 is 0 Å². The number of nitrogens with zero attached hydrogens (tertiary/aromatic N) is 1. The van der Waals surface area contributed by atoms with Gasteiger partial charge in [-0.05, 0) is 32.2 Å². The van der Waals surface area contributed by atoms with Crippen molar-refractivity contribution >= 4 is 17.8 Å². The molecule has 0 aromatic carbocycles. The molecule has 0 fully saturated rings. The van der Waals surface area contributed by atoms with Gasteiger partial charge in [0, 0.05) is 0 Å². The Hall–Kier alpha value is -1.85. The number of nitrogens with two attached hydrogens (primary N) is 1. The van der Waals surface area contributed by atoms with Crippen LogP contribution in [0, 0.1) is 0 Å². The normalized spacial score (nSPS) is 13.2. The molecule has 0 aliphatic rings. The Morgan fingerprint density at radius 1 is 0.962 bits per heavy atom. The van der Waals surface area contributed by atoms with Gasteiger partial charge in [-0.15, -0.1) is 0 Å². The Morgan fingerprint density at radius 3 is 1.85 bits per heavy atom. The van der Waals surface area contributed by atoms with Crippen LogP contribution in [0.25, 0.3) is 0 Å². The lowest BCUT2D eigenvalue weighted by Gasteiger charge is -2.29. The summed E-state index contributed by atoms with van der Waals surface area (Å²) < 4.78 is 80.7. The predicted molar refractivity (Wildman–Crippen MR) is 76.5 cm³/mol. The molecule has 0 rings (SSSR count). The maximum absolute atomic E-state index is 12.7. The molecule has 12 heteroatoms. The SMILES string of the molecule is CCCCOC(=O)[C@H](CCCCN)N(C(=O)C(F)(F)F)C(=O)C(F)(F)F. The molecule has 1 atom stereocenters. The summed E-state index contributed by atoms with van der Waals surface area (Å²) in [5.74, 6) is -7.67. The minimum Gasteiger partial charge on any atom is -0.464 e. The number of amides is 2. The summed E-state index contributed by atoms with van der Waals surface area (Å²) in [5, 5.41) is 0. The molecule has 26 heavy (non-hydrogen) atoms. The Kier molecular flexibility index (Phi) is 9.60. The van der Waals surface area contributed by atoms with Crippen LogP contribution in [0.3, 0.4) is 0 Å². The number of esters is 1. The van der Waals surface area contributed by atoms with Gasteiger partial charge in [-0.2, -0.15) is 26.3 Å². The molecule has 6 nitrogen and oxygen atoms in total. The zero-order chi connectivity index (χ0) is 20.5. The molecule has 0 unspecified atom stereocenters. The molecule has 2 amide bonds. The van der Waals surface area contributed by atoms with Crippen LogP contribution in [-0.4, -0.2) is 54.2 Å². The number of unbranched alkanes of at least 4 members (excludes halogenated alkanes) is 2. The van der Waals surface area contributed by atoms with Crippen molar-refractivity contribution in [1.29, 1.82) is 0 Å². The van der Waals surface area contributed by atoms with Crippen LogP contribution in [0.5, 0.6) is 0 Å². The number of carbonyl (C=O) groups is 3. The van der Waals surface area contributed by atoms with Gasteiger partial charge in [0.15, 0.2) is 0 Å². The van der Waals surface area contributed by atoms with E-state index in [-0.39, 0.29) is 26.0 Å². The average Bonchev–Trinajstić information content (AvgIpc) is 2.51. The summed E-state index contributed by atoms with van der Waals surface area (Å²) in [7, 11) is 0. The van der Waals surface area contributed by atoms with E-state index in [2.05, 4.69) is 4.74 Å². The fraction of sp³-hybridized carbons (Fsp3) is 0.786. The van der Waals surface area contributed by atoms with E-state index in [0.29, 0.717) is 12.8 Å². The Balaban J connectivity index is 5.77. The number of imide groups is 1. The number of halogens is 6. The van der Waals surface area contributed by atoms with E-state index in [9.17, 15) is 40.7 Å². The third-order valence-corrected chi connectivity index (χ3v) is 3.18. The zero-order valence-corrected chi connectivity index (χ0v) is 14.0. The second-order valence-electron chi connectivity index (χ2n) is 5.30. The van der Waals surface area contributed by atoms with Crippen LogP contribution in [0.1, 0.15) is 39.0 Å². The van der Waals surface area contributed by atoms with Crippen LogP contribution >= 0.6 is 0 Å². The minimum absolute atomic E-state index is 0.0536. The van der Waals surface area contributed by atoms with Gasteiger partial charge >= 0.3 is 30.1 Å². The van der Waals surface area contributed by atoms with Gasteiger partial charge in [0.05, 0.1) is 6.61 Å². The Labute approximate surface area is 145 Å². The largest absolute Gasteiger partial charge is 0.471 e. The number of alkyl halides is 6. The summed E-state index contributed by atoms with van der Waals surface area (Å²) in [6, 6.07) is -2.35. The van der Waals surface area contributed by atoms with Crippen molar-refractivity contribution in [2.75, 3.05) is 13.2 Å². The maximum atomic E-state index is 12.7. The van der Waals surface area contributed by atoms with Gasteiger partial charge in [-0.1, -0.05) is 13.3 Å². The standard InChI is InChI=1S/C14H20F6N2O4/c1-2-3-8-26-10(23)9(6-4-5-7-21)22(11(24)13(15,16)17)12(25)14(18,19)20/h9H,2-8,21H2,1H3/t9-/m0/s1. The summed E-state index contributed by atoms with van der Waals surface area (Å²) in [5.41, 5.74) is 5.20. The van der Waals surface area contributed by atoms with Crippen LogP contribution in [0.4, 0.5) is 26.3 Å². The van der Waals surface area contributed by atoms with Crippen LogP contribution in [0.15, 0.2) is 0 Å². The Bertz CT molecular complexity index is 467. The lowest BCUT2D eigenvalue weighted by atomic mass is 10.1. The number of hydrogen-bond donors (Lipinski definition) is 1. The smallest absolute Gasteiger partial charge is 0.464 e. The van der Waals surface area contributed by atoms with E-state index in [1.807, 2.05) is 0 Å². The second kappa shape index (κ2) is 10.3. The third kappa shape index (κ3) is 7.58.